The summed E-state index contributed by atoms with van der Waals surface area (Å²) in [7, 11) is 0. The first-order valence-electron chi connectivity index (χ1n) is 9.47. The molecule has 0 saturated carbocycles. The van der Waals surface area contributed by atoms with Gasteiger partial charge in [0.05, 0.1) is 0 Å². The highest BCUT2D eigenvalue weighted by molar-refractivity contribution is 5.64. The topological polar surface area (TPSA) is 6.48 Å². The molecule has 1 saturated heterocycles. The first-order valence-corrected chi connectivity index (χ1v) is 9.47. The summed E-state index contributed by atoms with van der Waals surface area (Å²) < 4.78 is 0. The van der Waals surface area contributed by atoms with Gasteiger partial charge >= 0.3 is 0 Å². The SMILES string of the molecule is Cc1ccccc1N1CCN(Cc2cccc(-c3ccccc3)c2)CC1. The number of anilines is 1. The molecule has 0 unspecified atom stereocenters. The van der Waals surface area contributed by atoms with Gasteiger partial charge in [0.15, 0.2) is 0 Å². The molecule has 0 radical (unpaired) electrons. The summed E-state index contributed by atoms with van der Waals surface area (Å²) >= 11 is 0. The van der Waals surface area contributed by atoms with Crippen LogP contribution in [0, 0.1) is 6.92 Å². The fourth-order valence-corrected chi connectivity index (χ4v) is 3.80. The number of rotatable bonds is 4. The van der Waals surface area contributed by atoms with Crippen LogP contribution in [0.4, 0.5) is 5.69 Å². The van der Waals surface area contributed by atoms with Crippen molar-refractivity contribution >= 4 is 5.69 Å². The summed E-state index contributed by atoms with van der Waals surface area (Å²) in [4.78, 5) is 5.09. The number of nitrogens with zero attached hydrogens (tertiary/aromatic N) is 2. The van der Waals surface area contributed by atoms with Gasteiger partial charge in [-0.1, -0.05) is 66.7 Å². The van der Waals surface area contributed by atoms with E-state index in [4.69, 9.17) is 0 Å². The van der Waals surface area contributed by atoms with Crippen LogP contribution in [0.3, 0.4) is 0 Å². The molecule has 0 amide bonds. The Labute approximate surface area is 156 Å². The predicted octanol–water partition coefficient (Wildman–Crippen LogP) is 4.98. The number of piperazine rings is 1. The number of hydrogen-bond acceptors (Lipinski definition) is 2. The minimum absolute atomic E-state index is 1.03. The summed E-state index contributed by atoms with van der Waals surface area (Å²) in [5.74, 6) is 0. The molecule has 0 aromatic heterocycles. The lowest BCUT2D eigenvalue weighted by Crippen LogP contribution is -2.46. The highest BCUT2D eigenvalue weighted by atomic mass is 15.3. The fourth-order valence-electron chi connectivity index (χ4n) is 3.80. The van der Waals surface area contributed by atoms with Gasteiger partial charge in [-0.3, -0.25) is 4.90 Å². The lowest BCUT2D eigenvalue weighted by atomic mass is 10.0. The quantitative estimate of drug-likeness (QED) is 0.659. The molecular formula is C24H26N2. The molecule has 0 bridgehead atoms. The lowest BCUT2D eigenvalue weighted by Gasteiger charge is -2.36. The Kier molecular flexibility index (Phi) is 5.03. The minimum Gasteiger partial charge on any atom is -0.369 e. The van der Waals surface area contributed by atoms with Crippen LogP contribution in [-0.4, -0.2) is 31.1 Å². The second kappa shape index (κ2) is 7.76. The monoisotopic (exact) mass is 342 g/mol. The third-order valence-corrected chi connectivity index (χ3v) is 5.27. The van der Waals surface area contributed by atoms with Crippen LogP contribution in [0.25, 0.3) is 11.1 Å². The molecule has 4 rings (SSSR count). The summed E-state index contributed by atoms with van der Waals surface area (Å²) in [6, 6.07) is 28.3. The van der Waals surface area contributed by atoms with Crippen LogP contribution in [0.15, 0.2) is 78.9 Å². The lowest BCUT2D eigenvalue weighted by molar-refractivity contribution is 0.250. The molecule has 1 fully saturated rings. The number of aryl methyl sites for hydroxylation is 1. The van der Waals surface area contributed by atoms with Crippen LogP contribution in [-0.2, 0) is 6.54 Å². The van der Waals surface area contributed by atoms with Crippen molar-refractivity contribution < 1.29 is 0 Å². The predicted molar refractivity (Wildman–Crippen MR) is 111 cm³/mol. The Bertz CT molecular complexity index is 849. The van der Waals surface area contributed by atoms with Gasteiger partial charge in [-0.25, -0.2) is 0 Å². The van der Waals surface area contributed by atoms with Gasteiger partial charge in [-0.05, 0) is 41.3 Å². The number of benzene rings is 3. The van der Waals surface area contributed by atoms with Crippen molar-refractivity contribution in [3.63, 3.8) is 0 Å². The summed E-state index contributed by atoms with van der Waals surface area (Å²) in [6.07, 6.45) is 0. The van der Waals surface area contributed by atoms with Crippen LogP contribution in [0.5, 0.6) is 0 Å². The molecule has 26 heavy (non-hydrogen) atoms. The van der Waals surface area contributed by atoms with E-state index >= 15 is 0 Å². The van der Waals surface area contributed by atoms with E-state index in [-0.39, 0.29) is 0 Å². The van der Waals surface area contributed by atoms with Gasteiger partial charge in [0.25, 0.3) is 0 Å². The average Bonchev–Trinajstić information content (AvgIpc) is 2.70. The van der Waals surface area contributed by atoms with E-state index in [0.717, 1.165) is 32.7 Å². The average molecular weight is 342 g/mol. The minimum atomic E-state index is 1.03. The highest BCUT2D eigenvalue weighted by Crippen LogP contribution is 2.23. The van der Waals surface area contributed by atoms with E-state index in [2.05, 4.69) is 95.6 Å². The maximum atomic E-state index is 2.57. The molecule has 2 heteroatoms. The van der Waals surface area contributed by atoms with Crippen molar-refractivity contribution in [2.24, 2.45) is 0 Å². The van der Waals surface area contributed by atoms with E-state index in [1.165, 1.54) is 27.9 Å². The number of para-hydroxylation sites is 1. The van der Waals surface area contributed by atoms with Gasteiger partial charge < -0.3 is 4.90 Å². The second-order valence-corrected chi connectivity index (χ2v) is 7.12. The van der Waals surface area contributed by atoms with Crippen LogP contribution in [0.2, 0.25) is 0 Å². The van der Waals surface area contributed by atoms with Gasteiger partial charge in [0, 0.05) is 38.4 Å². The third-order valence-electron chi connectivity index (χ3n) is 5.27. The second-order valence-electron chi connectivity index (χ2n) is 7.12. The van der Waals surface area contributed by atoms with Gasteiger partial charge in [0.2, 0.25) is 0 Å². The Balaban J connectivity index is 1.40. The van der Waals surface area contributed by atoms with Gasteiger partial charge in [0.1, 0.15) is 0 Å². The Morgan fingerprint density at radius 1 is 0.692 bits per heavy atom. The first kappa shape index (κ1) is 16.9. The van der Waals surface area contributed by atoms with Crippen molar-refractivity contribution in [1.29, 1.82) is 0 Å². The van der Waals surface area contributed by atoms with Crippen LogP contribution >= 0.6 is 0 Å². The van der Waals surface area contributed by atoms with E-state index in [1.807, 2.05) is 0 Å². The third kappa shape index (κ3) is 3.81. The van der Waals surface area contributed by atoms with Crippen molar-refractivity contribution in [2.75, 3.05) is 31.1 Å². The van der Waals surface area contributed by atoms with E-state index < -0.39 is 0 Å². The van der Waals surface area contributed by atoms with Crippen molar-refractivity contribution in [3.05, 3.63) is 90.0 Å². The molecule has 132 valence electrons. The molecular weight excluding hydrogens is 316 g/mol. The Hall–Kier alpha value is -2.58. The zero-order chi connectivity index (χ0) is 17.8. The fraction of sp³-hybridized carbons (Fsp3) is 0.250. The molecule has 0 N–H and O–H groups in total. The first-order chi connectivity index (χ1) is 12.8. The molecule has 0 aliphatic carbocycles. The van der Waals surface area contributed by atoms with E-state index in [9.17, 15) is 0 Å². The normalized spacial score (nSPS) is 15.2. The zero-order valence-electron chi connectivity index (χ0n) is 15.4. The van der Waals surface area contributed by atoms with Gasteiger partial charge in [-0.15, -0.1) is 0 Å². The molecule has 0 spiro atoms. The highest BCUT2D eigenvalue weighted by Gasteiger charge is 2.18. The molecule has 1 aliphatic heterocycles. The number of hydrogen-bond donors (Lipinski definition) is 0. The maximum Gasteiger partial charge on any atom is 0.0396 e. The molecule has 0 atom stereocenters. The zero-order valence-corrected chi connectivity index (χ0v) is 15.4. The van der Waals surface area contributed by atoms with Crippen molar-refractivity contribution in [2.45, 2.75) is 13.5 Å². The molecule has 3 aromatic carbocycles. The van der Waals surface area contributed by atoms with Crippen LogP contribution < -0.4 is 4.90 Å². The Morgan fingerprint density at radius 2 is 1.38 bits per heavy atom. The van der Waals surface area contributed by atoms with Crippen molar-refractivity contribution in [3.8, 4) is 11.1 Å². The maximum absolute atomic E-state index is 2.57. The van der Waals surface area contributed by atoms with Crippen LogP contribution in [0.1, 0.15) is 11.1 Å². The summed E-state index contributed by atoms with van der Waals surface area (Å²) in [5.41, 5.74) is 6.76. The molecule has 1 aliphatic rings. The van der Waals surface area contributed by atoms with Crippen molar-refractivity contribution in [1.82, 2.24) is 4.90 Å². The molecule has 1 heterocycles. The Morgan fingerprint density at radius 3 is 2.15 bits per heavy atom. The molecule has 3 aromatic rings. The van der Waals surface area contributed by atoms with Gasteiger partial charge in [-0.2, -0.15) is 0 Å². The summed E-state index contributed by atoms with van der Waals surface area (Å²) in [5, 5.41) is 0. The van der Waals surface area contributed by atoms with E-state index in [0.29, 0.717) is 0 Å². The summed E-state index contributed by atoms with van der Waals surface area (Å²) in [6.45, 7) is 7.67. The standard InChI is InChI=1S/C24H26N2/c1-20-8-5-6-13-24(20)26-16-14-25(15-17-26)19-21-9-7-12-23(18-21)22-10-3-2-4-11-22/h2-13,18H,14-17,19H2,1H3. The molecule has 2 nitrogen and oxygen atoms in total. The van der Waals surface area contributed by atoms with E-state index in [1.54, 1.807) is 0 Å². The largest absolute Gasteiger partial charge is 0.369 e. The smallest absolute Gasteiger partial charge is 0.0396 e.